The lowest BCUT2D eigenvalue weighted by Gasteiger charge is -2.22. The van der Waals surface area contributed by atoms with Gasteiger partial charge in [0, 0.05) is 15.6 Å². The second-order valence-electron chi connectivity index (χ2n) is 4.39. The maximum atomic E-state index is 6.00. The molecule has 0 aliphatic rings. The maximum Gasteiger partial charge on any atom is 0.0629 e. The van der Waals surface area contributed by atoms with Crippen LogP contribution in [0, 0.1) is 5.92 Å². The van der Waals surface area contributed by atoms with Crippen molar-refractivity contribution in [3.05, 3.63) is 51.7 Å². The van der Waals surface area contributed by atoms with Gasteiger partial charge in [0.1, 0.15) is 0 Å². The molecule has 0 aliphatic carbocycles. The smallest absolute Gasteiger partial charge is 0.0629 e. The minimum absolute atomic E-state index is 0.341. The Bertz CT molecular complexity index is 465. The molecule has 0 fully saturated rings. The standard InChI is InChI=1S/C14H16ClNS/c1-10(2)14(13-7-4-8-17-13)16-12-6-3-5-11(15)9-12/h3-10,14,16H,1-2H3. The molecule has 1 aromatic heterocycles. The predicted molar refractivity (Wildman–Crippen MR) is 77.0 cm³/mol. The summed E-state index contributed by atoms with van der Waals surface area (Å²) in [7, 11) is 0. The predicted octanol–water partition coefficient (Wildman–Crippen LogP) is 5.21. The largest absolute Gasteiger partial charge is 0.377 e. The monoisotopic (exact) mass is 265 g/mol. The average Bonchev–Trinajstić information content (AvgIpc) is 2.78. The Morgan fingerprint density at radius 1 is 1.18 bits per heavy atom. The second-order valence-corrected chi connectivity index (χ2v) is 5.81. The Hall–Kier alpha value is -0.990. The molecule has 0 saturated heterocycles. The Morgan fingerprint density at radius 2 is 2.00 bits per heavy atom. The second kappa shape index (κ2) is 5.56. The van der Waals surface area contributed by atoms with Crippen LogP contribution in [0.1, 0.15) is 24.8 Å². The van der Waals surface area contributed by atoms with E-state index in [9.17, 15) is 0 Å². The molecular weight excluding hydrogens is 250 g/mol. The number of thiophene rings is 1. The molecule has 1 heterocycles. The van der Waals surface area contributed by atoms with Crippen molar-refractivity contribution in [1.82, 2.24) is 0 Å². The van der Waals surface area contributed by atoms with Gasteiger partial charge in [0.05, 0.1) is 6.04 Å². The van der Waals surface area contributed by atoms with Crippen molar-refractivity contribution < 1.29 is 0 Å². The third-order valence-corrected chi connectivity index (χ3v) is 3.85. The van der Waals surface area contributed by atoms with Gasteiger partial charge in [-0.25, -0.2) is 0 Å². The molecule has 0 amide bonds. The Balaban J connectivity index is 2.19. The number of hydrogen-bond donors (Lipinski definition) is 1. The van der Waals surface area contributed by atoms with Crippen LogP contribution in [0.15, 0.2) is 41.8 Å². The molecule has 1 N–H and O–H groups in total. The summed E-state index contributed by atoms with van der Waals surface area (Å²) in [4.78, 5) is 1.36. The highest BCUT2D eigenvalue weighted by atomic mass is 35.5. The zero-order valence-electron chi connectivity index (χ0n) is 9.98. The molecule has 0 spiro atoms. The van der Waals surface area contributed by atoms with Crippen molar-refractivity contribution in [1.29, 1.82) is 0 Å². The number of halogens is 1. The molecule has 3 heteroatoms. The van der Waals surface area contributed by atoms with E-state index in [1.54, 1.807) is 11.3 Å². The van der Waals surface area contributed by atoms with Crippen molar-refractivity contribution in [2.45, 2.75) is 19.9 Å². The highest BCUT2D eigenvalue weighted by Gasteiger charge is 2.16. The van der Waals surface area contributed by atoms with Gasteiger partial charge in [0.25, 0.3) is 0 Å². The van der Waals surface area contributed by atoms with Crippen LogP contribution in [0.3, 0.4) is 0 Å². The van der Waals surface area contributed by atoms with Gasteiger partial charge >= 0.3 is 0 Å². The Morgan fingerprint density at radius 3 is 2.59 bits per heavy atom. The average molecular weight is 266 g/mol. The third-order valence-electron chi connectivity index (χ3n) is 2.66. The van der Waals surface area contributed by atoms with Crippen molar-refractivity contribution in [2.24, 2.45) is 5.92 Å². The molecule has 1 atom stereocenters. The van der Waals surface area contributed by atoms with E-state index in [1.807, 2.05) is 18.2 Å². The lowest BCUT2D eigenvalue weighted by Crippen LogP contribution is -2.15. The molecule has 2 aromatic rings. The van der Waals surface area contributed by atoms with Crippen LogP contribution in [0.4, 0.5) is 5.69 Å². The Kier molecular flexibility index (Phi) is 4.08. The van der Waals surface area contributed by atoms with Crippen LogP contribution < -0.4 is 5.32 Å². The van der Waals surface area contributed by atoms with Crippen LogP contribution in [0.25, 0.3) is 0 Å². The highest BCUT2D eigenvalue weighted by Crippen LogP contribution is 2.30. The first-order chi connectivity index (χ1) is 8.16. The van der Waals surface area contributed by atoms with E-state index >= 15 is 0 Å². The van der Waals surface area contributed by atoms with Crippen LogP contribution >= 0.6 is 22.9 Å². The van der Waals surface area contributed by atoms with Crippen molar-refractivity contribution in [2.75, 3.05) is 5.32 Å². The summed E-state index contributed by atoms with van der Waals surface area (Å²) >= 11 is 7.78. The Labute approximate surface area is 111 Å². The third kappa shape index (κ3) is 3.24. The van der Waals surface area contributed by atoms with Gasteiger partial charge < -0.3 is 5.32 Å². The van der Waals surface area contributed by atoms with Crippen LogP contribution in [-0.4, -0.2) is 0 Å². The molecule has 1 unspecified atom stereocenters. The lowest BCUT2D eigenvalue weighted by molar-refractivity contribution is 0.554. The lowest BCUT2D eigenvalue weighted by atomic mass is 10.0. The fourth-order valence-corrected chi connectivity index (χ4v) is 2.93. The van der Waals surface area contributed by atoms with E-state index in [4.69, 9.17) is 11.6 Å². The maximum absolute atomic E-state index is 6.00. The van der Waals surface area contributed by atoms with Crippen molar-refractivity contribution in [3.63, 3.8) is 0 Å². The zero-order valence-corrected chi connectivity index (χ0v) is 11.6. The zero-order chi connectivity index (χ0) is 12.3. The summed E-state index contributed by atoms with van der Waals surface area (Å²) in [6.45, 7) is 4.45. The molecule has 0 saturated carbocycles. The van der Waals surface area contributed by atoms with Gasteiger partial charge in [-0.1, -0.05) is 37.6 Å². The minimum Gasteiger partial charge on any atom is -0.377 e. The molecular formula is C14H16ClNS. The van der Waals surface area contributed by atoms with Gasteiger partial charge in [0.15, 0.2) is 0 Å². The first-order valence-corrected chi connectivity index (χ1v) is 6.98. The number of anilines is 1. The molecule has 17 heavy (non-hydrogen) atoms. The SMILES string of the molecule is CC(C)C(Nc1cccc(Cl)c1)c1cccs1. The first-order valence-electron chi connectivity index (χ1n) is 5.72. The van der Waals surface area contributed by atoms with Gasteiger partial charge in [0.2, 0.25) is 0 Å². The van der Waals surface area contributed by atoms with Crippen LogP contribution in [0.2, 0.25) is 5.02 Å². The van der Waals surface area contributed by atoms with Gasteiger partial charge in [-0.15, -0.1) is 11.3 Å². The summed E-state index contributed by atoms with van der Waals surface area (Å²) in [5, 5.41) is 6.43. The molecule has 0 radical (unpaired) electrons. The fraction of sp³-hybridized carbons (Fsp3) is 0.286. The van der Waals surface area contributed by atoms with E-state index in [-0.39, 0.29) is 0 Å². The summed E-state index contributed by atoms with van der Waals surface area (Å²) in [5.41, 5.74) is 1.07. The summed E-state index contributed by atoms with van der Waals surface area (Å²) in [6.07, 6.45) is 0. The normalized spacial score (nSPS) is 12.7. The van der Waals surface area contributed by atoms with Crippen molar-refractivity contribution in [3.8, 4) is 0 Å². The number of rotatable bonds is 4. The van der Waals surface area contributed by atoms with Gasteiger partial charge in [-0.2, -0.15) is 0 Å². The molecule has 1 aromatic carbocycles. The van der Waals surface area contributed by atoms with Crippen LogP contribution in [0.5, 0.6) is 0 Å². The number of hydrogen-bond acceptors (Lipinski definition) is 2. The topological polar surface area (TPSA) is 12.0 Å². The molecule has 0 bridgehead atoms. The molecule has 0 aliphatic heterocycles. The fourth-order valence-electron chi connectivity index (χ4n) is 1.79. The quantitative estimate of drug-likeness (QED) is 0.800. The minimum atomic E-state index is 0.341. The summed E-state index contributed by atoms with van der Waals surface area (Å²) < 4.78 is 0. The number of nitrogens with one attached hydrogen (secondary N) is 1. The van der Waals surface area contributed by atoms with Crippen LogP contribution in [-0.2, 0) is 0 Å². The van der Waals surface area contributed by atoms with E-state index in [1.165, 1.54) is 4.88 Å². The molecule has 90 valence electrons. The molecule has 1 nitrogen and oxygen atoms in total. The van der Waals surface area contributed by atoms with E-state index in [0.717, 1.165) is 10.7 Å². The van der Waals surface area contributed by atoms with E-state index < -0.39 is 0 Å². The van der Waals surface area contributed by atoms with Gasteiger partial charge in [-0.05, 0) is 35.6 Å². The van der Waals surface area contributed by atoms with Gasteiger partial charge in [-0.3, -0.25) is 0 Å². The van der Waals surface area contributed by atoms with E-state index in [2.05, 4.69) is 42.7 Å². The molecule has 2 rings (SSSR count). The number of benzene rings is 1. The van der Waals surface area contributed by atoms with Crippen molar-refractivity contribution >= 4 is 28.6 Å². The highest BCUT2D eigenvalue weighted by molar-refractivity contribution is 7.10. The first kappa shape index (κ1) is 12.5. The summed E-state index contributed by atoms with van der Waals surface area (Å²) in [5.74, 6) is 0.535. The van der Waals surface area contributed by atoms with E-state index in [0.29, 0.717) is 12.0 Å². The summed E-state index contributed by atoms with van der Waals surface area (Å²) in [6, 6.07) is 12.5.